The van der Waals surface area contributed by atoms with Crippen molar-refractivity contribution < 1.29 is 18.7 Å². The fourth-order valence-electron chi connectivity index (χ4n) is 3.60. The molecule has 1 saturated heterocycles. The van der Waals surface area contributed by atoms with Crippen LogP contribution < -0.4 is 10.5 Å². The van der Waals surface area contributed by atoms with E-state index in [1.165, 1.54) is 7.11 Å². The van der Waals surface area contributed by atoms with Gasteiger partial charge in [-0.15, -0.1) is 0 Å². The third-order valence-electron chi connectivity index (χ3n) is 7.17. The van der Waals surface area contributed by atoms with Crippen molar-refractivity contribution in [1.29, 1.82) is 0 Å². The third kappa shape index (κ3) is 8.97. The molecule has 0 spiro atoms. The number of hydrogen-bond donors (Lipinski definition) is 0. The molecule has 1 aliphatic heterocycles. The monoisotopic (exact) mass is 537 g/mol. The second kappa shape index (κ2) is 12.7. The van der Waals surface area contributed by atoms with E-state index in [9.17, 15) is 9.59 Å². The molecule has 0 saturated carbocycles. The minimum absolute atomic E-state index is 0.131. The number of piperidine rings is 1. The summed E-state index contributed by atoms with van der Waals surface area (Å²) in [5, 5.41) is 0.142. The maximum absolute atomic E-state index is 13.3. The predicted molar refractivity (Wildman–Crippen MR) is 152 cm³/mol. The van der Waals surface area contributed by atoms with Crippen LogP contribution in [-0.2, 0) is 25.4 Å². The largest absolute Gasteiger partial charge is 0.469 e. The van der Waals surface area contributed by atoms with Gasteiger partial charge in [0.15, 0.2) is 14.1 Å². The Balaban J connectivity index is 2.21. The number of methoxy groups -OCH3 is 1. The van der Waals surface area contributed by atoms with E-state index in [2.05, 4.69) is 53.5 Å². The first kappa shape index (κ1) is 30.5. The van der Waals surface area contributed by atoms with Gasteiger partial charge < -0.3 is 18.8 Å². The van der Waals surface area contributed by atoms with Crippen molar-refractivity contribution in [3.63, 3.8) is 0 Å². The molecule has 1 aromatic heterocycles. The van der Waals surface area contributed by atoms with Crippen LogP contribution in [0.15, 0.2) is 17.1 Å². The predicted octanol–water partition coefficient (Wildman–Crippen LogP) is 4.98. The second-order valence-corrected chi connectivity index (χ2v) is 22.8. The first-order chi connectivity index (χ1) is 16.6. The molecule has 204 valence electrons. The van der Waals surface area contributed by atoms with Gasteiger partial charge in [-0.1, -0.05) is 46.5 Å². The van der Waals surface area contributed by atoms with Gasteiger partial charge in [0.25, 0.3) is 5.56 Å². The molecule has 1 aromatic rings. The summed E-state index contributed by atoms with van der Waals surface area (Å²) in [4.78, 5) is 31.9. The Morgan fingerprint density at radius 2 is 1.81 bits per heavy atom. The number of hydrogen-bond acceptors (Lipinski definition) is 7. The fraction of sp³-hybridized carbons (Fsp3) is 0.731. The summed E-state index contributed by atoms with van der Waals surface area (Å²) < 4.78 is 18.6. The van der Waals surface area contributed by atoms with E-state index < -0.39 is 16.4 Å². The number of aromatic nitrogens is 2. The molecule has 0 radical (unpaired) electrons. The highest BCUT2D eigenvalue weighted by atomic mass is 28.4. The Morgan fingerprint density at radius 3 is 2.36 bits per heavy atom. The van der Waals surface area contributed by atoms with Gasteiger partial charge in [0.1, 0.15) is 6.73 Å². The van der Waals surface area contributed by atoms with Crippen LogP contribution in [0.1, 0.15) is 39.3 Å². The van der Waals surface area contributed by atoms with Crippen LogP contribution in [0.25, 0.3) is 6.08 Å². The highest BCUT2D eigenvalue weighted by Gasteiger charge is 2.36. The van der Waals surface area contributed by atoms with E-state index in [0.717, 1.165) is 6.04 Å². The van der Waals surface area contributed by atoms with E-state index in [4.69, 9.17) is 18.9 Å². The van der Waals surface area contributed by atoms with E-state index in [0.29, 0.717) is 50.7 Å². The van der Waals surface area contributed by atoms with Crippen LogP contribution >= 0.6 is 0 Å². The average molecular weight is 538 g/mol. The molecule has 0 aromatic carbocycles. The van der Waals surface area contributed by atoms with Gasteiger partial charge in [-0.2, -0.15) is 0 Å². The summed E-state index contributed by atoms with van der Waals surface area (Å²) in [6, 6.07) is 1.04. The van der Waals surface area contributed by atoms with Crippen molar-refractivity contribution in [2.45, 2.75) is 84.2 Å². The van der Waals surface area contributed by atoms with Crippen molar-refractivity contribution in [2.75, 3.05) is 38.3 Å². The zero-order valence-corrected chi connectivity index (χ0v) is 25.8. The minimum atomic E-state index is -1.85. The zero-order chi connectivity index (χ0) is 27.1. The summed E-state index contributed by atoms with van der Waals surface area (Å²) in [5.74, 6) is 0.0859. The van der Waals surface area contributed by atoms with E-state index in [-0.39, 0.29) is 29.2 Å². The summed E-state index contributed by atoms with van der Waals surface area (Å²) in [5.41, 5.74) is 0.515. The van der Waals surface area contributed by atoms with Gasteiger partial charge >= 0.3 is 5.97 Å². The molecule has 0 atom stereocenters. The molecule has 10 heteroatoms. The summed E-state index contributed by atoms with van der Waals surface area (Å²) >= 11 is 0. The van der Waals surface area contributed by atoms with Crippen LogP contribution in [0.3, 0.4) is 0 Å². The Hall–Kier alpha value is -1.76. The van der Waals surface area contributed by atoms with Crippen LogP contribution in [0.2, 0.25) is 43.8 Å². The SMILES string of the molecule is COC(=O)C1CCN(c2nc(/C=C/CO[Si](C)(C)C(C)(C)C)cn(COCC[Si](C)(C)C)c2=O)CC1. The molecule has 1 aliphatic rings. The van der Waals surface area contributed by atoms with Crippen molar-refractivity contribution in [3.05, 3.63) is 28.3 Å². The first-order valence-corrected chi connectivity index (χ1v) is 19.6. The molecule has 2 heterocycles. The molecule has 1 fully saturated rings. The Labute approximate surface area is 219 Å². The molecule has 36 heavy (non-hydrogen) atoms. The van der Waals surface area contributed by atoms with Crippen LogP contribution in [0, 0.1) is 5.92 Å². The van der Waals surface area contributed by atoms with Crippen molar-refractivity contribution >= 4 is 34.3 Å². The second-order valence-electron chi connectivity index (χ2n) is 12.4. The van der Waals surface area contributed by atoms with Crippen molar-refractivity contribution in [3.8, 4) is 0 Å². The molecule has 0 amide bonds. The Morgan fingerprint density at radius 1 is 1.17 bits per heavy atom. The quantitative estimate of drug-likeness (QED) is 0.224. The lowest BCUT2D eigenvalue weighted by atomic mass is 9.97. The molecular formula is C26H47N3O5Si2. The fourth-order valence-corrected chi connectivity index (χ4v) is 5.31. The number of carbonyl (C=O) groups is 1. The maximum Gasteiger partial charge on any atom is 0.308 e. The molecule has 0 aliphatic carbocycles. The average Bonchev–Trinajstić information content (AvgIpc) is 2.79. The van der Waals surface area contributed by atoms with E-state index >= 15 is 0 Å². The maximum atomic E-state index is 13.3. The topological polar surface area (TPSA) is 82.9 Å². The van der Waals surface area contributed by atoms with Crippen molar-refractivity contribution in [1.82, 2.24) is 9.55 Å². The molecule has 0 N–H and O–H groups in total. The highest BCUT2D eigenvalue weighted by molar-refractivity contribution is 6.76. The normalized spacial score (nSPS) is 16.1. The molecular weight excluding hydrogens is 490 g/mol. The van der Waals surface area contributed by atoms with Crippen molar-refractivity contribution in [2.24, 2.45) is 5.92 Å². The van der Waals surface area contributed by atoms with Gasteiger partial charge in [-0.25, -0.2) is 4.98 Å². The van der Waals surface area contributed by atoms with Gasteiger partial charge in [0, 0.05) is 34.0 Å². The standard InChI is InChI=1S/C26H47N3O5Si2/c1-26(2,3)36(8,9)34-16-10-11-22-19-29(20-33-17-18-35(5,6)7)24(30)23(27-22)28-14-12-21(13-15-28)25(31)32-4/h10-11,19,21H,12-18,20H2,1-9H3/b11-10+. The lowest BCUT2D eigenvalue weighted by Crippen LogP contribution is -2.41. The Kier molecular flexibility index (Phi) is 10.7. The van der Waals surface area contributed by atoms with Gasteiger partial charge in [-0.05, 0) is 43.1 Å². The smallest absolute Gasteiger partial charge is 0.308 e. The lowest BCUT2D eigenvalue weighted by Gasteiger charge is -2.35. The zero-order valence-electron chi connectivity index (χ0n) is 23.8. The summed E-state index contributed by atoms with van der Waals surface area (Å²) in [6.07, 6.45) is 6.92. The number of anilines is 1. The van der Waals surface area contributed by atoms with Crippen LogP contribution in [0.5, 0.6) is 0 Å². The van der Waals surface area contributed by atoms with Crippen LogP contribution in [0.4, 0.5) is 5.82 Å². The van der Waals surface area contributed by atoms with Gasteiger partial charge in [-0.3, -0.25) is 14.2 Å². The number of carbonyl (C=O) groups excluding carboxylic acids is 1. The van der Waals surface area contributed by atoms with E-state index in [1.807, 2.05) is 17.1 Å². The molecule has 0 bridgehead atoms. The van der Waals surface area contributed by atoms with E-state index in [1.54, 1.807) is 10.8 Å². The van der Waals surface area contributed by atoms with Crippen LogP contribution in [-0.4, -0.2) is 65.3 Å². The summed E-state index contributed by atoms with van der Waals surface area (Å²) in [6.45, 7) is 20.5. The molecule has 8 nitrogen and oxygen atoms in total. The van der Waals surface area contributed by atoms with Gasteiger partial charge in [0.2, 0.25) is 0 Å². The minimum Gasteiger partial charge on any atom is -0.469 e. The van der Waals surface area contributed by atoms with Gasteiger partial charge in [0.05, 0.1) is 25.3 Å². The number of ether oxygens (including phenoxy) is 2. The lowest BCUT2D eigenvalue weighted by molar-refractivity contribution is -0.146. The molecule has 2 rings (SSSR count). The first-order valence-electron chi connectivity index (χ1n) is 13.0. The number of esters is 1. The Bertz CT molecular complexity index is 956. The number of nitrogens with zero attached hydrogens (tertiary/aromatic N) is 3. The summed E-state index contributed by atoms with van der Waals surface area (Å²) in [7, 11) is -1.65. The highest BCUT2D eigenvalue weighted by Crippen LogP contribution is 2.36. The molecule has 0 unspecified atom stereocenters. The number of rotatable bonds is 11. The third-order valence-corrected chi connectivity index (χ3v) is 13.4.